The quantitative estimate of drug-likeness (QED) is 0.612. The van der Waals surface area contributed by atoms with Gasteiger partial charge in [-0.1, -0.05) is 12.1 Å². The minimum Gasteiger partial charge on any atom is -0.396 e. The predicted molar refractivity (Wildman–Crippen MR) is 86.6 cm³/mol. The van der Waals surface area contributed by atoms with E-state index in [0.717, 1.165) is 23.6 Å². The number of nitrogens with one attached hydrogen (secondary N) is 2. The minimum absolute atomic E-state index is 0.0449. The van der Waals surface area contributed by atoms with Crippen molar-refractivity contribution in [3.63, 3.8) is 0 Å². The number of carbonyl (C=O) groups is 1. The molecule has 0 aliphatic heterocycles. The summed E-state index contributed by atoms with van der Waals surface area (Å²) in [5.41, 5.74) is 1.55. The molecular formula is C15H24N2O2S. The first-order chi connectivity index (χ1) is 9.65. The lowest BCUT2D eigenvalue weighted by Gasteiger charge is -2.14. The summed E-state index contributed by atoms with van der Waals surface area (Å²) in [5.74, 6) is 1.75. The predicted octanol–water partition coefficient (Wildman–Crippen LogP) is 2.35. The summed E-state index contributed by atoms with van der Waals surface area (Å²) in [6, 6.07) is 7.84. The van der Waals surface area contributed by atoms with E-state index >= 15 is 0 Å². The molecule has 4 nitrogen and oxygen atoms in total. The number of aliphatic hydroxyl groups is 1. The lowest BCUT2D eigenvalue weighted by Crippen LogP contribution is -2.27. The first-order valence-corrected chi connectivity index (χ1v) is 8.13. The van der Waals surface area contributed by atoms with Gasteiger partial charge in [0.25, 0.3) is 5.91 Å². The molecule has 0 aliphatic carbocycles. The number of aliphatic hydroxyl groups excluding tert-OH is 1. The summed E-state index contributed by atoms with van der Waals surface area (Å²) in [6.07, 6.45) is 0.805. The Bertz CT molecular complexity index is 411. The van der Waals surface area contributed by atoms with Crippen LogP contribution in [0.4, 0.5) is 5.69 Å². The second-order valence-electron chi connectivity index (χ2n) is 4.79. The molecule has 0 heterocycles. The number of carbonyl (C=O) groups excluding carboxylic acids is 1. The number of hydrogen-bond donors (Lipinski definition) is 3. The molecule has 1 aromatic carbocycles. The van der Waals surface area contributed by atoms with Crippen LogP contribution < -0.4 is 10.6 Å². The summed E-state index contributed by atoms with van der Waals surface area (Å²) < 4.78 is 0. The van der Waals surface area contributed by atoms with Crippen LogP contribution >= 0.6 is 11.8 Å². The number of hydrogen-bond acceptors (Lipinski definition) is 4. The van der Waals surface area contributed by atoms with Gasteiger partial charge in [0, 0.05) is 30.6 Å². The zero-order valence-electron chi connectivity index (χ0n) is 12.2. The molecule has 20 heavy (non-hydrogen) atoms. The van der Waals surface area contributed by atoms with Gasteiger partial charge in [0.1, 0.15) is 0 Å². The Hall–Kier alpha value is -1.20. The fourth-order valence-corrected chi connectivity index (χ4v) is 2.50. The van der Waals surface area contributed by atoms with Crippen LogP contribution in [0.5, 0.6) is 0 Å². The topological polar surface area (TPSA) is 61.4 Å². The third-order valence-electron chi connectivity index (χ3n) is 2.59. The Kier molecular flexibility index (Phi) is 8.14. The van der Waals surface area contributed by atoms with Crippen molar-refractivity contribution in [2.45, 2.75) is 26.3 Å². The maximum absolute atomic E-state index is 12.1. The monoisotopic (exact) mass is 296 g/mol. The van der Waals surface area contributed by atoms with Gasteiger partial charge in [-0.25, -0.2) is 0 Å². The van der Waals surface area contributed by atoms with Gasteiger partial charge in [-0.05, 0) is 38.2 Å². The van der Waals surface area contributed by atoms with Crippen molar-refractivity contribution >= 4 is 23.4 Å². The highest BCUT2D eigenvalue weighted by Gasteiger charge is 2.10. The van der Waals surface area contributed by atoms with Crippen LogP contribution in [0.15, 0.2) is 24.3 Å². The minimum atomic E-state index is -0.0449. The second kappa shape index (κ2) is 9.66. The molecule has 0 aromatic heterocycles. The van der Waals surface area contributed by atoms with Gasteiger partial charge in [-0.3, -0.25) is 4.79 Å². The van der Waals surface area contributed by atoms with E-state index in [4.69, 9.17) is 5.11 Å². The van der Waals surface area contributed by atoms with Crippen molar-refractivity contribution in [2.75, 3.05) is 30.0 Å². The highest BCUT2D eigenvalue weighted by molar-refractivity contribution is 7.99. The van der Waals surface area contributed by atoms with Crippen molar-refractivity contribution in [1.82, 2.24) is 5.32 Å². The lowest BCUT2D eigenvalue weighted by atomic mass is 10.1. The van der Waals surface area contributed by atoms with E-state index in [9.17, 15) is 4.79 Å². The fraction of sp³-hybridized carbons (Fsp3) is 0.533. The average Bonchev–Trinajstić information content (AvgIpc) is 2.42. The highest BCUT2D eigenvalue weighted by Crippen LogP contribution is 2.15. The third-order valence-corrected chi connectivity index (χ3v) is 3.66. The third kappa shape index (κ3) is 6.30. The number of rotatable bonds is 9. The molecular weight excluding hydrogens is 272 g/mol. The van der Waals surface area contributed by atoms with E-state index in [1.807, 2.05) is 38.1 Å². The molecule has 112 valence electrons. The number of para-hydroxylation sites is 1. The Morgan fingerprint density at radius 2 is 2.05 bits per heavy atom. The molecule has 0 saturated heterocycles. The molecule has 1 amide bonds. The van der Waals surface area contributed by atoms with Gasteiger partial charge in [-0.15, -0.1) is 0 Å². The largest absolute Gasteiger partial charge is 0.396 e. The molecule has 0 spiro atoms. The van der Waals surface area contributed by atoms with E-state index < -0.39 is 0 Å². The summed E-state index contributed by atoms with van der Waals surface area (Å²) in [6.45, 7) is 4.97. The van der Waals surface area contributed by atoms with Gasteiger partial charge < -0.3 is 15.7 Å². The van der Waals surface area contributed by atoms with E-state index in [-0.39, 0.29) is 18.6 Å². The van der Waals surface area contributed by atoms with Crippen LogP contribution in [-0.4, -0.2) is 41.7 Å². The lowest BCUT2D eigenvalue weighted by molar-refractivity contribution is 0.0957. The molecule has 1 aromatic rings. The van der Waals surface area contributed by atoms with Crippen LogP contribution in [0.25, 0.3) is 0 Å². The zero-order valence-corrected chi connectivity index (χ0v) is 13.0. The molecule has 0 radical (unpaired) electrons. The molecule has 5 heteroatoms. The van der Waals surface area contributed by atoms with Crippen molar-refractivity contribution < 1.29 is 9.90 Å². The van der Waals surface area contributed by atoms with Crippen molar-refractivity contribution in [1.29, 1.82) is 0 Å². The Balaban J connectivity index is 2.43. The highest BCUT2D eigenvalue weighted by atomic mass is 32.2. The van der Waals surface area contributed by atoms with Crippen molar-refractivity contribution in [3.8, 4) is 0 Å². The Labute approximate surface area is 125 Å². The molecule has 1 rings (SSSR count). The first kappa shape index (κ1) is 16.9. The number of benzene rings is 1. The van der Waals surface area contributed by atoms with E-state index in [2.05, 4.69) is 10.6 Å². The van der Waals surface area contributed by atoms with Crippen LogP contribution in [0.2, 0.25) is 0 Å². The standard InChI is InChI=1S/C15H24N2O2S/c1-12(2)17-14-7-4-3-6-13(14)15(19)16-8-11-20-10-5-9-18/h3-4,6-7,12,17-18H,5,8-11H2,1-2H3,(H,16,19). The van der Waals surface area contributed by atoms with E-state index in [0.29, 0.717) is 12.1 Å². The Morgan fingerprint density at radius 3 is 2.75 bits per heavy atom. The molecule has 0 bridgehead atoms. The van der Waals surface area contributed by atoms with Gasteiger partial charge in [0.15, 0.2) is 0 Å². The maximum Gasteiger partial charge on any atom is 0.253 e. The normalized spacial score (nSPS) is 10.6. The van der Waals surface area contributed by atoms with Gasteiger partial charge in [-0.2, -0.15) is 11.8 Å². The smallest absolute Gasteiger partial charge is 0.253 e. The molecule has 0 atom stereocenters. The van der Waals surface area contributed by atoms with Gasteiger partial charge >= 0.3 is 0 Å². The molecule has 0 fully saturated rings. The van der Waals surface area contributed by atoms with Crippen LogP contribution in [0.1, 0.15) is 30.6 Å². The fourth-order valence-electron chi connectivity index (χ4n) is 1.72. The molecule has 3 N–H and O–H groups in total. The number of thioether (sulfide) groups is 1. The summed E-state index contributed by atoms with van der Waals surface area (Å²) >= 11 is 1.74. The van der Waals surface area contributed by atoms with Crippen LogP contribution in [-0.2, 0) is 0 Å². The maximum atomic E-state index is 12.1. The molecule has 0 unspecified atom stereocenters. The first-order valence-electron chi connectivity index (χ1n) is 6.97. The molecule has 0 aliphatic rings. The SMILES string of the molecule is CC(C)Nc1ccccc1C(=O)NCCSCCCO. The van der Waals surface area contributed by atoms with E-state index in [1.165, 1.54) is 0 Å². The average molecular weight is 296 g/mol. The van der Waals surface area contributed by atoms with Crippen LogP contribution in [0, 0.1) is 0 Å². The van der Waals surface area contributed by atoms with E-state index in [1.54, 1.807) is 11.8 Å². The summed E-state index contributed by atoms with van der Waals surface area (Å²) in [5, 5.41) is 14.9. The molecule has 0 saturated carbocycles. The number of anilines is 1. The van der Waals surface area contributed by atoms with Gasteiger partial charge in [0.05, 0.1) is 5.56 Å². The second-order valence-corrected chi connectivity index (χ2v) is 6.01. The summed E-state index contributed by atoms with van der Waals surface area (Å²) in [4.78, 5) is 12.1. The zero-order chi connectivity index (χ0) is 14.8. The van der Waals surface area contributed by atoms with Crippen molar-refractivity contribution in [2.24, 2.45) is 0 Å². The van der Waals surface area contributed by atoms with Crippen molar-refractivity contribution in [3.05, 3.63) is 29.8 Å². The van der Waals surface area contributed by atoms with Gasteiger partial charge in [0.2, 0.25) is 0 Å². The Morgan fingerprint density at radius 1 is 1.30 bits per heavy atom. The summed E-state index contributed by atoms with van der Waals surface area (Å²) in [7, 11) is 0. The number of amides is 1. The van der Waals surface area contributed by atoms with Crippen LogP contribution in [0.3, 0.4) is 0 Å².